The van der Waals surface area contributed by atoms with Crippen LogP contribution in [0, 0.1) is 0 Å². The molecule has 2 rings (SSSR count). The summed E-state index contributed by atoms with van der Waals surface area (Å²) in [5.41, 5.74) is 0.984. The smallest absolute Gasteiger partial charge is 0.321 e. The lowest BCUT2D eigenvalue weighted by molar-refractivity contribution is -0.121. The molecule has 0 bridgehead atoms. The minimum absolute atomic E-state index is 0.0974. The van der Waals surface area contributed by atoms with Gasteiger partial charge in [-0.25, -0.2) is 4.79 Å². The third kappa shape index (κ3) is 6.62. The molecular formula is C20H27N3O5. The van der Waals surface area contributed by atoms with E-state index >= 15 is 0 Å². The van der Waals surface area contributed by atoms with Crippen molar-refractivity contribution in [3.8, 4) is 11.5 Å². The second kappa shape index (κ2) is 11.0. The number of rotatable bonds is 10. The number of imide groups is 1. The molecule has 0 fully saturated rings. The average Bonchev–Trinajstić information content (AvgIpc) is 3.20. The fourth-order valence-electron chi connectivity index (χ4n) is 2.62. The normalized spacial score (nSPS) is 10.6. The van der Waals surface area contributed by atoms with E-state index < -0.39 is 6.03 Å². The fraction of sp³-hybridized carbons (Fsp3) is 0.400. The zero-order valence-electron chi connectivity index (χ0n) is 16.5. The summed E-state index contributed by atoms with van der Waals surface area (Å²) < 4.78 is 16.0. The van der Waals surface area contributed by atoms with Crippen LogP contribution in [-0.4, -0.2) is 43.6 Å². The number of nitrogens with one attached hydrogen (secondary N) is 2. The second-order valence-electron chi connectivity index (χ2n) is 6.03. The molecule has 0 saturated heterocycles. The van der Waals surface area contributed by atoms with Crippen molar-refractivity contribution in [2.24, 2.45) is 0 Å². The highest BCUT2D eigenvalue weighted by Gasteiger charge is 2.14. The first-order chi connectivity index (χ1) is 13.5. The third-order valence-electron chi connectivity index (χ3n) is 4.00. The molecule has 1 heterocycles. The Kier molecular flexibility index (Phi) is 8.36. The zero-order valence-corrected chi connectivity index (χ0v) is 16.5. The number of nitrogens with zero attached hydrogens (tertiary/aromatic N) is 1. The summed E-state index contributed by atoms with van der Waals surface area (Å²) in [4.78, 5) is 25.9. The molecule has 0 radical (unpaired) electrons. The van der Waals surface area contributed by atoms with Crippen LogP contribution in [-0.2, 0) is 17.9 Å². The van der Waals surface area contributed by atoms with E-state index in [0.717, 1.165) is 5.56 Å². The van der Waals surface area contributed by atoms with E-state index in [1.807, 2.05) is 36.9 Å². The fourth-order valence-corrected chi connectivity index (χ4v) is 2.62. The van der Waals surface area contributed by atoms with Crippen LogP contribution in [0.3, 0.4) is 0 Å². The maximum Gasteiger partial charge on any atom is 0.321 e. The van der Waals surface area contributed by atoms with Gasteiger partial charge in [0.2, 0.25) is 5.91 Å². The molecule has 0 saturated carbocycles. The van der Waals surface area contributed by atoms with Crippen molar-refractivity contribution >= 4 is 11.9 Å². The highest BCUT2D eigenvalue weighted by atomic mass is 16.5. The summed E-state index contributed by atoms with van der Waals surface area (Å²) in [6, 6.07) is 8.60. The minimum atomic E-state index is -0.555. The lowest BCUT2D eigenvalue weighted by Crippen LogP contribution is -2.44. The standard InChI is InChI=1S/C20H27N3O5/c1-4-23(13-15-8-9-17(27-5-2)18(11-15)26-3)14-19(24)22-20(25)21-12-16-7-6-10-28-16/h6-11H,4-5,12-14H2,1-3H3,(H2,21,22,24,25). The van der Waals surface area contributed by atoms with Crippen LogP contribution in [0.4, 0.5) is 4.79 Å². The van der Waals surface area contributed by atoms with Crippen LogP contribution in [0.5, 0.6) is 11.5 Å². The van der Waals surface area contributed by atoms with E-state index in [1.54, 1.807) is 19.2 Å². The summed E-state index contributed by atoms with van der Waals surface area (Å²) in [7, 11) is 1.59. The van der Waals surface area contributed by atoms with Gasteiger partial charge in [-0.05, 0) is 43.3 Å². The Hall–Kier alpha value is -3.00. The molecule has 0 spiro atoms. The number of likely N-dealkylation sites (N-methyl/N-ethyl adjacent to an activating group) is 1. The first-order valence-corrected chi connectivity index (χ1v) is 9.17. The summed E-state index contributed by atoms with van der Waals surface area (Å²) in [6.45, 7) is 5.93. The molecule has 8 nitrogen and oxygen atoms in total. The van der Waals surface area contributed by atoms with Crippen molar-refractivity contribution < 1.29 is 23.5 Å². The van der Waals surface area contributed by atoms with Gasteiger partial charge in [0, 0.05) is 6.54 Å². The van der Waals surface area contributed by atoms with E-state index in [9.17, 15) is 9.59 Å². The first kappa shape index (κ1) is 21.3. The Balaban J connectivity index is 1.85. The molecule has 152 valence electrons. The number of hydrogen-bond acceptors (Lipinski definition) is 6. The van der Waals surface area contributed by atoms with E-state index in [2.05, 4.69) is 10.6 Å². The summed E-state index contributed by atoms with van der Waals surface area (Å²) in [5.74, 6) is 1.57. The molecule has 0 aliphatic carbocycles. The minimum Gasteiger partial charge on any atom is -0.493 e. The molecule has 0 aliphatic heterocycles. The van der Waals surface area contributed by atoms with Gasteiger partial charge in [0.05, 0.1) is 33.1 Å². The number of amides is 3. The molecule has 0 aliphatic rings. The highest BCUT2D eigenvalue weighted by molar-refractivity contribution is 5.95. The Morgan fingerprint density at radius 2 is 2.00 bits per heavy atom. The molecule has 2 N–H and O–H groups in total. The van der Waals surface area contributed by atoms with Crippen LogP contribution in [0.1, 0.15) is 25.2 Å². The number of benzene rings is 1. The summed E-state index contributed by atoms with van der Waals surface area (Å²) >= 11 is 0. The summed E-state index contributed by atoms with van der Waals surface area (Å²) in [6.07, 6.45) is 1.52. The van der Waals surface area contributed by atoms with Crippen molar-refractivity contribution in [1.82, 2.24) is 15.5 Å². The van der Waals surface area contributed by atoms with E-state index in [0.29, 0.717) is 37.0 Å². The van der Waals surface area contributed by atoms with Crippen molar-refractivity contribution in [3.05, 3.63) is 47.9 Å². The van der Waals surface area contributed by atoms with Crippen LogP contribution < -0.4 is 20.1 Å². The van der Waals surface area contributed by atoms with Gasteiger partial charge in [-0.1, -0.05) is 13.0 Å². The van der Waals surface area contributed by atoms with E-state index in [-0.39, 0.29) is 19.0 Å². The SMILES string of the molecule is CCOc1ccc(CN(CC)CC(=O)NC(=O)NCc2ccco2)cc1OC. The van der Waals surface area contributed by atoms with Crippen molar-refractivity contribution in [2.75, 3.05) is 26.8 Å². The number of methoxy groups -OCH3 is 1. The van der Waals surface area contributed by atoms with Crippen LogP contribution in [0.25, 0.3) is 0 Å². The number of carbonyl (C=O) groups excluding carboxylic acids is 2. The molecule has 1 aromatic carbocycles. The Morgan fingerprint density at radius 3 is 2.64 bits per heavy atom. The number of carbonyl (C=O) groups is 2. The number of hydrogen-bond donors (Lipinski definition) is 2. The average molecular weight is 389 g/mol. The topological polar surface area (TPSA) is 93.0 Å². The van der Waals surface area contributed by atoms with Gasteiger partial charge < -0.3 is 19.2 Å². The van der Waals surface area contributed by atoms with Crippen molar-refractivity contribution in [2.45, 2.75) is 26.9 Å². The Morgan fingerprint density at radius 1 is 1.18 bits per heavy atom. The van der Waals surface area contributed by atoms with E-state index in [1.165, 1.54) is 6.26 Å². The Labute approximate surface area is 164 Å². The highest BCUT2D eigenvalue weighted by Crippen LogP contribution is 2.28. The quantitative estimate of drug-likeness (QED) is 0.649. The molecule has 0 unspecified atom stereocenters. The molecule has 8 heteroatoms. The molecule has 0 atom stereocenters. The largest absolute Gasteiger partial charge is 0.493 e. The maximum atomic E-state index is 12.2. The first-order valence-electron chi connectivity index (χ1n) is 9.17. The molecule has 2 aromatic rings. The number of furan rings is 1. The monoisotopic (exact) mass is 389 g/mol. The molecule has 3 amide bonds. The zero-order chi connectivity index (χ0) is 20.4. The van der Waals surface area contributed by atoms with Gasteiger partial charge in [0.1, 0.15) is 5.76 Å². The van der Waals surface area contributed by atoms with Gasteiger partial charge in [-0.3, -0.25) is 15.0 Å². The number of ether oxygens (including phenoxy) is 2. The van der Waals surface area contributed by atoms with Gasteiger partial charge in [0.15, 0.2) is 11.5 Å². The van der Waals surface area contributed by atoms with Crippen molar-refractivity contribution in [3.63, 3.8) is 0 Å². The van der Waals surface area contributed by atoms with Crippen LogP contribution in [0.15, 0.2) is 41.0 Å². The third-order valence-corrected chi connectivity index (χ3v) is 4.00. The van der Waals surface area contributed by atoms with Gasteiger partial charge in [-0.15, -0.1) is 0 Å². The van der Waals surface area contributed by atoms with Gasteiger partial charge >= 0.3 is 6.03 Å². The van der Waals surface area contributed by atoms with Crippen LogP contribution in [0.2, 0.25) is 0 Å². The second-order valence-corrected chi connectivity index (χ2v) is 6.03. The van der Waals surface area contributed by atoms with E-state index in [4.69, 9.17) is 13.9 Å². The lowest BCUT2D eigenvalue weighted by Gasteiger charge is -2.20. The lowest BCUT2D eigenvalue weighted by atomic mass is 10.2. The van der Waals surface area contributed by atoms with Crippen molar-refractivity contribution in [1.29, 1.82) is 0 Å². The molecular weight excluding hydrogens is 362 g/mol. The predicted molar refractivity (Wildman–Crippen MR) is 104 cm³/mol. The number of urea groups is 1. The van der Waals surface area contributed by atoms with Crippen LogP contribution >= 0.6 is 0 Å². The molecule has 28 heavy (non-hydrogen) atoms. The Bertz CT molecular complexity index is 761. The summed E-state index contributed by atoms with van der Waals surface area (Å²) in [5, 5.41) is 4.90. The van der Waals surface area contributed by atoms with Gasteiger partial charge in [-0.2, -0.15) is 0 Å². The maximum absolute atomic E-state index is 12.2. The predicted octanol–water partition coefficient (Wildman–Crippen LogP) is 2.53. The van der Waals surface area contributed by atoms with Gasteiger partial charge in [0.25, 0.3) is 0 Å². The molecule has 1 aromatic heterocycles.